The lowest BCUT2D eigenvalue weighted by molar-refractivity contribution is 0.393. The second-order valence-corrected chi connectivity index (χ2v) is 5.75. The Labute approximate surface area is 110 Å². The van der Waals surface area contributed by atoms with Gasteiger partial charge in [-0.1, -0.05) is 51.3 Å². The third-order valence-corrected chi connectivity index (χ3v) is 4.52. The fraction of sp³-hybridized carbons (Fsp3) is 0.529. The largest absolute Gasteiger partial charge is 0.253 e. The zero-order chi connectivity index (χ0) is 12.5. The van der Waals surface area contributed by atoms with Crippen molar-refractivity contribution in [2.45, 2.75) is 46.0 Å². The van der Waals surface area contributed by atoms with Gasteiger partial charge in [0.1, 0.15) is 0 Å². The van der Waals surface area contributed by atoms with E-state index in [2.05, 4.69) is 38.1 Å². The number of fused-ring (bicyclic) bond motifs is 2. The fourth-order valence-electron chi connectivity index (χ4n) is 3.50. The van der Waals surface area contributed by atoms with Gasteiger partial charge in [-0.05, 0) is 36.3 Å². The van der Waals surface area contributed by atoms with Gasteiger partial charge in [0, 0.05) is 11.3 Å². The van der Waals surface area contributed by atoms with Crippen LogP contribution in [-0.4, -0.2) is 0 Å². The minimum atomic E-state index is 0.749. The van der Waals surface area contributed by atoms with E-state index in [-0.39, 0.29) is 0 Å². The zero-order valence-corrected chi connectivity index (χ0v) is 11.4. The maximum absolute atomic E-state index is 4.81. The molecule has 18 heavy (non-hydrogen) atoms. The predicted molar refractivity (Wildman–Crippen MR) is 76.6 cm³/mol. The van der Waals surface area contributed by atoms with E-state index in [1.54, 1.807) is 5.57 Å². The average Bonchev–Trinajstić information content (AvgIpc) is 2.94. The van der Waals surface area contributed by atoms with Crippen molar-refractivity contribution in [3.05, 3.63) is 35.5 Å². The Morgan fingerprint density at radius 1 is 1.33 bits per heavy atom. The lowest BCUT2D eigenvalue weighted by atomic mass is 9.82. The number of nitrogens with zero attached hydrogens (tertiary/aromatic N) is 1. The molecule has 0 bridgehead atoms. The Morgan fingerprint density at radius 3 is 3.00 bits per heavy atom. The summed E-state index contributed by atoms with van der Waals surface area (Å²) in [6, 6.07) is 8.66. The minimum absolute atomic E-state index is 0.749. The summed E-state index contributed by atoms with van der Waals surface area (Å²) >= 11 is 0. The third-order valence-electron chi connectivity index (χ3n) is 4.52. The van der Waals surface area contributed by atoms with E-state index >= 15 is 0 Å². The number of para-hydroxylation sites is 1. The van der Waals surface area contributed by atoms with Crippen molar-refractivity contribution in [3.8, 4) is 0 Å². The van der Waals surface area contributed by atoms with Crippen molar-refractivity contribution in [1.29, 1.82) is 0 Å². The maximum atomic E-state index is 4.81. The highest BCUT2D eigenvalue weighted by molar-refractivity contribution is 5.84. The topological polar surface area (TPSA) is 14.1 Å². The van der Waals surface area contributed by atoms with Gasteiger partial charge in [0.2, 0.25) is 0 Å². The summed E-state index contributed by atoms with van der Waals surface area (Å²) < 4.78 is 0. The average molecular weight is 240 g/mol. The van der Waals surface area contributed by atoms with Gasteiger partial charge in [-0.2, -0.15) is 0 Å². The Kier molecular flexibility index (Phi) is 3.15. The standard InChI is InChI=1S/C17H22N/c1-3-4-7-12(2)13-10-11-16-17(13)14-8-5-6-9-15(14)18-16/h5-6,8-9,12-13H,3-4,7,10-11H2,1-2H3. The molecule has 0 saturated carbocycles. The second kappa shape index (κ2) is 4.79. The molecule has 2 atom stereocenters. The molecule has 0 aromatic heterocycles. The van der Waals surface area contributed by atoms with Gasteiger partial charge in [0.05, 0.1) is 5.69 Å². The van der Waals surface area contributed by atoms with Crippen LogP contribution in [0.25, 0.3) is 5.57 Å². The summed E-state index contributed by atoms with van der Waals surface area (Å²) in [5.74, 6) is 1.55. The molecule has 2 aliphatic rings. The van der Waals surface area contributed by atoms with Crippen LogP contribution in [-0.2, 0) is 0 Å². The highest BCUT2D eigenvalue weighted by Crippen LogP contribution is 2.50. The van der Waals surface area contributed by atoms with Gasteiger partial charge < -0.3 is 0 Å². The van der Waals surface area contributed by atoms with E-state index in [1.807, 2.05) is 0 Å². The molecule has 1 radical (unpaired) electrons. The van der Waals surface area contributed by atoms with Gasteiger partial charge in [-0.25, -0.2) is 0 Å². The van der Waals surface area contributed by atoms with E-state index in [1.165, 1.54) is 49.1 Å². The number of allylic oxidation sites excluding steroid dienone is 2. The number of hydrogen-bond acceptors (Lipinski definition) is 0. The van der Waals surface area contributed by atoms with Gasteiger partial charge >= 0.3 is 0 Å². The molecule has 1 aliphatic heterocycles. The summed E-state index contributed by atoms with van der Waals surface area (Å²) in [6.45, 7) is 4.71. The molecular formula is C17H22N. The minimum Gasteiger partial charge on any atom is -0.253 e. The quantitative estimate of drug-likeness (QED) is 0.712. The van der Waals surface area contributed by atoms with Crippen LogP contribution in [0.2, 0.25) is 0 Å². The van der Waals surface area contributed by atoms with E-state index in [4.69, 9.17) is 5.32 Å². The monoisotopic (exact) mass is 240 g/mol. The molecule has 1 aliphatic carbocycles. The molecule has 95 valence electrons. The van der Waals surface area contributed by atoms with Gasteiger partial charge in [0.25, 0.3) is 0 Å². The maximum Gasteiger partial charge on any atom is 0.0708 e. The van der Waals surface area contributed by atoms with Crippen molar-refractivity contribution in [2.24, 2.45) is 11.8 Å². The molecule has 0 N–H and O–H groups in total. The highest BCUT2D eigenvalue weighted by atomic mass is 14.9. The van der Waals surface area contributed by atoms with Crippen molar-refractivity contribution in [1.82, 2.24) is 5.32 Å². The lowest BCUT2D eigenvalue weighted by Crippen LogP contribution is -2.10. The second-order valence-electron chi connectivity index (χ2n) is 5.75. The molecule has 3 rings (SSSR count). The molecule has 0 amide bonds. The van der Waals surface area contributed by atoms with Crippen molar-refractivity contribution in [3.63, 3.8) is 0 Å². The van der Waals surface area contributed by atoms with E-state index in [0.29, 0.717) is 0 Å². The van der Waals surface area contributed by atoms with E-state index < -0.39 is 0 Å². The molecule has 1 aromatic rings. The number of benzene rings is 1. The first-order valence-corrected chi connectivity index (χ1v) is 7.35. The number of unbranched alkanes of at least 4 members (excludes halogenated alkanes) is 1. The first kappa shape index (κ1) is 11.8. The van der Waals surface area contributed by atoms with Crippen molar-refractivity contribution >= 4 is 11.3 Å². The number of rotatable bonds is 4. The predicted octanol–water partition coefficient (Wildman–Crippen LogP) is 4.88. The Bertz CT molecular complexity index is 472. The smallest absolute Gasteiger partial charge is 0.0708 e. The van der Waals surface area contributed by atoms with Gasteiger partial charge in [-0.15, -0.1) is 0 Å². The molecule has 1 heteroatoms. The SMILES string of the molecule is CCCCC(C)C1CCC2=C1c1ccccc1[N]2. The third kappa shape index (κ3) is 1.86. The molecule has 0 saturated heterocycles. The van der Waals surface area contributed by atoms with Gasteiger partial charge in [-0.3, -0.25) is 5.32 Å². The van der Waals surface area contributed by atoms with Crippen LogP contribution in [0.3, 0.4) is 0 Å². The van der Waals surface area contributed by atoms with Crippen LogP contribution in [0.1, 0.15) is 51.5 Å². The summed E-state index contributed by atoms with van der Waals surface area (Å²) in [5, 5.41) is 4.81. The van der Waals surface area contributed by atoms with E-state index in [9.17, 15) is 0 Å². The summed E-state index contributed by atoms with van der Waals surface area (Å²) in [7, 11) is 0. The Balaban J connectivity index is 1.84. The van der Waals surface area contributed by atoms with Crippen LogP contribution in [0.4, 0.5) is 5.69 Å². The van der Waals surface area contributed by atoms with Crippen LogP contribution in [0.15, 0.2) is 30.0 Å². The first-order valence-electron chi connectivity index (χ1n) is 7.35. The van der Waals surface area contributed by atoms with Crippen molar-refractivity contribution in [2.75, 3.05) is 0 Å². The van der Waals surface area contributed by atoms with Crippen LogP contribution in [0.5, 0.6) is 0 Å². The van der Waals surface area contributed by atoms with Crippen LogP contribution in [0, 0.1) is 11.8 Å². The van der Waals surface area contributed by atoms with Crippen LogP contribution < -0.4 is 5.32 Å². The molecule has 1 nitrogen and oxygen atoms in total. The number of hydrogen-bond donors (Lipinski definition) is 0. The molecular weight excluding hydrogens is 218 g/mol. The summed E-state index contributed by atoms with van der Waals surface area (Å²) in [6.07, 6.45) is 6.53. The fourth-order valence-corrected chi connectivity index (χ4v) is 3.50. The first-order chi connectivity index (χ1) is 8.81. The van der Waals surface area contributed by atoms with Crippen LogP contribution >= 0.6 is 0 Å². The Hall–Kier alpha value is -1.24. The lowest BCUT2D eigenvalue weighted by Gasteiger charge is -2.22. The van der Waals surface area contributed by atoms with Gasteiger partial charge in [0.15, 0.2) is 0 Å². The molecule has 0 fully saturated rings. The molecule has 1 heterocycles. The zero-order valence-electron chi connectivity index (χ0n) is 11.4. The summed E-state index contributed by atoms with van der Waals surface area (Å²) in [4.78, 5) is 0. The van der Waals surface area contributed by atoms with Crippen molar-refractivity contribution < 1.29 is 0 Å². The molecule has 0 spiro atoms. The summed E-state index contributed by atoms with van der Waals surface area (Å²) in [5.41, 5.74) is 5.58. The normalized spacial score (nSPS) is 22.7. The highest BCUT2D eigenvalue weighted by Gasteiger charge is 2.35. The Morgan fingerprint density at radius 2 is 2.17 bits per heavy atom. The molecule has 1 aromatic carbocycles. The van der Waals surface area contributed by atoms with E-state index in [0.717, 1.165) is 11.8 Å². The molecule has 2 unspecified atom stereocenters.